The lowest BCUT2D eigenvalue weighted by molar-refractivity contribution is -0.121. The molecular weight excluding hydrogens is 240 g/mol. The van der Waals surface area contributed by atoms with Crippen molar-refractivity contribution in [2.45, 2.75) is 32.2 Å². The summed E-state index contributed by atoms with van der Waals surface area (Å²) in [7, 11) is 0. The second-order valence-electron chi connectivity index (χ2n) is 4.85. The van der Waals surface area contributed by atoms with E-state index in [0.29, 0.717) is 19.1 Å². The van der Waals surface area contributed by atoms with E-state index in [-0.39, 0.29) is 5.91 Å². The van der Waals surface area contributed by atoms with Crippen molar-refractivity contribution in [1.29, 1.82) is 0 Å². The molecule has 4 heteroatoms. The Bertz CT molecular complexity index is 397. The number of carbonyl (C=O) groups is 1. The molecule has 0 atom stereocenters. The molecule has 1 aromatic rings. The van der Waals surface area contributed by atoms with E-state index in [1.165, 1.54) is 0 Å². The van der Waals surface area contributed by atoms with Crippen LogP contribution in [0.3, 0.4) is 0 Å². The van der Waals surface area contributed by atoms with Crippen LogP contribution in [0, 0.1) is 0 Å². The minimum atomic E-state index is 0.107. The zero-order valence-electron chi connectivity index (χ0n) is 11.4. The Morgan fingerprint density at radius 2 is 2.00 bits per heavy atom. The molecule has 1 fully saturated rings. The molecule has 0 bridgehead atoms. The van der Waals surface area contributed by atoms with Crippen molar-refractivity contribution >= 4 is 5.91 Å². The van der Waals surface area contributed by atoms with Crippen LogP contribution in [0.1, 0.15) is 25.3 Å². The lowest BCUT2D eigenvalue weighted by Crippen LogP contribution is -2.43. The molecule has 0 radical (unpaired) electrons. The molecule has 0 saturated carbocycles. The van der Waals surface area contributed by atoms with Crippen molar-refractivity contribution in [2.24, 2.45) is 0 Å². The quantitative estimate of drug-likeness (QED) is 0.845. The largest absolute Gasteiger partial charge is 0.494 e. The van der Waals surface area contributed by atoms with Crippen LogP contribution in [0.15, 0.2) is 24.3 Å². The van der Waals surface area contributed by atoms with Gasteiger partial charge >= 0.3 is 0 Å². The number of nitrogens with one attached hydrogen (secondary N) is 2. The fourth-order valence-electron chi connectivity index (χ4n) is 2.30. The summed E-state index contributed by atoms with van der Waals surface area (Å²) in [5.41, 5.74) is 1.02. The number of benzene rings is 1. The third kappa shape index (κ3) is 4.56. The highest BCUT2D eigenvalue weighted by molar-refractivity contribution is 5.78. The molecule has 1 amide bonds. The van der Waals surface area contributed by atoms with E-state index in [1.807, 2.05) is 31.2 Å². The standard InChI is InChI=1S/C15H22N2O2/c1-2-19-14-5-3-12(4-6-14)11-15(18)17-13-7-9-16-10-8-13/h3-6,13,16H,2,7-11H2,1H3,(H,17,18). The number of piperidine rings is 1. The van der Waals surface area contributed by atoms with Crippen LogP contribution in [0.25, 0.3) is 0 Å². The van der Waals surface area contributed by atoms with Crippen molar-refractivity contribution in [2.75, 3.05) is 19.7 Å². The first-order valence-electron chi connectivity index (χ1n) is 6.99. The summed E-state index contributed by atoms with van der Waals surface area (Å²) in [6, 6.07) is 8.06. The highest BCUT2D eigenvalue weighted by atomic mass is 16.5. The average molecular weight is 262 g/mol. The lowest BCUT2D eigenvalue weighted by Gasteiger charge is -2.23. The lowest BCUT2D eigenvalue weighted by atomic mass is 10.1. The van der Waals surface area contributed by atoms with Crippen LogP contribution in [-0.4, -0.2) is 31.6 Å². The Morgan fingerprint density at radius 3 is 2.63 bits per heavy atom. The van der Waals surface area contributed by atoms with Gasteiger partial charge in [0, 0.05) is 6.04 Å². The maximum atomic E-state index is 11.9. The molecule has 0 aromatic heterocycles. The van der Waals surface area contributed by atoms with Crippen molar-refractivity contribution < 1.29 is 9.53 Å². The zero-order valence-corrected chi connectivity index (χ0v) is 11.4. The van der Waals surface area contributed by atoms with Gasteiger partial charge in [0.1, 0.15) is 5.75 Å². The molecule has 2 N–H and O–H groups in total. The number of amides is 1. The van der Waals surface area contributed by atoms with Gasteiger partial charge in [0.2, 0.25) is 5.91 Å². The fourth-order valence-corrected chi connectivity index (χ4v) is 2.30. The summed E-state index contributed by atoms with van der Waals surface area (Å²) < 4.78 is 5.38. The number of ether oxygens (including phenoxy) is 1. The topological polar surface area (TPSA) is 50.4 Å². The average Bonchev–Trinajstić information content (AvgIpc) is 2.42. The molecule has 1 saturated heterocycles. The van der Waals surface area contributed by atoms with Gasteiger partial charge in [-0.3, -0.25) is 4.79 Å². The molecule has 104 valence electrons. The van der Waals surface area contributed by atoms with E-state index >= 15 is 0 Å². The van der Waals surface area contributed by atoms with Crippen LogP contribution in [0.4, 0.5) is 0 Å². The Kier molecular flexibility index (Phi) is 5.21. The van der Waals surface area contributed by atoms with E-state index in [2.05, 4.69) is 10.6 Å². The van der Waals surface area contributed by atoms with Gasteiger partial charge < -0.3 is 15.4 Å². The van der Waals surface area contributed by atoms with Crippen LogP contribution >= 0.6 is 0 Å². The highest BCUT2D eigenvalue weighted by Crippen LogP contribution is 2.12. The number of hydrogen-bond acceptors (Lipinski definition) is 3. The molecule has 19 heavy (non-hydrogen) atoms. The maximum absolute atomic E-state index is 11.9. The Morgan fingerprint density at radius 1 is 1.32 bits per heavy atom. The van der Waals surface area contributed by atoms with Gasteiger partial charge in [-0.1, -0.05) is 12.1 Å². The van der Waals surface area contributed by atoms with Gasteiger partial charge in [-0.25, -0.2) is 0 Å². The highest BCUT2D eigenvalue weighted by Gasteiger charge is 2.15. The molecule has 1 aliphatic heterocycles. The second-order valence-corrected chi connectivity index (χ2v) is 4.85. The van der Waals surface area contributed by atoms with Crippen LogP contribution < -0.4 is 15.4 Å². The molecule has 0 spiro atoms. The van der Waals surface area contributed by atoms with Gasteiger partial charge in [-0.15, -0.1) is 0 Å². The number of carbonyl (C=O) groups excluding carboxylic acids is 1. The minimum absolute atomic E-state index is 0.107. The van der Waals surface area contributed by atoms with Gasteiger partial charge in [0.25, 0.3) is 0 Å². The first-order chi connectivity index (χ1) is 9.28. The number of hydrogen-bond donors (Lipinski definition) is 2. The van der Waals surface area contributed by atoms with Crippen molar-refractivity contribution in [3.63, 3.8) is 0 Å². The molecular formula is C15H22N2O2. The van der Waals surface area contributed by atoms with Gasteiger partial charge in [0.05, 0.1) is 13.0 Å². The first-order valence-corrected chi connectivity index (χ1v) is 6.99. The third-order valence-electron chi connectivity index (χ3n) is 3.30. The van der Waals surface area contributed by atoms with Crippen LogP contribution in [-0.2, 0) is 11.2 Å². The van der Waals surface area contributed by atoms with Crippen molar-refractivity contribution in [1.82, 2.24) is 10.6 Å². The summed E-state index contributed by atoms with van der Waals surface area (Å²) in [5, 5.41) is 6.39. The summed E-state index contributed by atoms with van der Waals surface area (Å²) in [6.45, 7) is 4.61. The molecule has 0 aliphatic carbocycles. The van der Waals surface area contributed by atoms with E-state index in [4.69, 9.17) is 4.74 Å². The second kappa shape index (κ2) is 7.14. The van der Waals surface area contributed by atoms with Crippen molar-refractivity contribution in [3.8, 4) is 5.75 Å². The smallest absolute Gasteiger partial charge is 0.224 e. The van der Waals surface area contributed by atoms with Gasteiger partial charge in [-0.2, -0.15) is 0 Å². The SMILES string of the molecule is CCOc1ccc(CC(=O)NC2CCNCC2)cc1. The molecule has 1 heterocycles. The Hall–Kier alpha value is -1.55. The fraction of sp³-hybridized carbons (Fsp3) is 0.533. The van der Waals surface area contributed by atoms with Gasteiger partial charge in [-0.05, 0) is 50.6 Å². The number of rotatable bonds is 5. The van der Waals surface area contributed by atoms with E-state index in [0.717, 1.165) is 37.2 Å². The van der Waals surface area contributed by atoms with Gasteiger partial charge in [0.15, 0.2) is 0 Å². The summed E-state index contributed by atoms with van der Waals surface area (Å²) in [6.07, 6.45) is 2.49. The predicted octanol–water partition coefficient (Wildman–Crippen LogP) is 1.50. The van der Waals surface area contributed by atoms with E-state index < -0.39 is 0 Å². The molecule has 2 rings (SSSR count). The van der Waals surface area contributed by atoms with E-state index in [9.17, 15) is 4.79 Å². The summed E-state index contributed by atoms with van der Waals surface area (Å²) in [5.74, 6) is 0.959. The minimum Gasteiger partial charge on any atom is -0.494 e. The predicted molar refractivity (Wildman–Crippen MR) is 75.3 cm³/mol. The molecule has 0 unspecified atom stereocenters. The summed E-state index contributed by atoms with van der Waals surface area (Å²) in [4.78, 5) is 11.9. The van der Waals surface area contributed by atoms with Crippen molar-refractivity contribution in [3.05, 3.63) is 29.8 Å². The van der Waals surface area contributed by atoms with Crippen LogP contribution in [0.5, 0.6) is 5.75 Å². The Balaban J connectivity index is 1.80. The third-order valence-corrected chi connectivity index (χ3v) is 3.30. The molecule has 1 aromatic carbocycles. The Labute approximate surface area is 114 Å². The monoisotopic (exact) mass is 262 g/mol. The maximum Gasteiger partial charge on any atom is 0.224 e. The van der Waals surface area contributed by atoms with Crippen LogP contribution in [0.2, 0.25) is 0 Å². The van der Waals surface area contributed by atoms with E-state index in [1.54, 1.807) is 0 Å². The summed E-state index contributed by atoms with van der Waals surface area (Å²) >= 11 is 0. The zero-order chi connectivity index (χ0) is 13.5. The normalized spacial score (nSPS) is 16.1. The first kappa shape index (κ1) is 13.9. The molecule has 1 aliphatic rings. The molecule has 4 nitrogen and oxygen atoms in total.